The molecule has 0 aliphatic carbocycles. The number of rotatable bonds is 5. The fraction of sp³-hybridized carbons (Fsp3) is 0.207. The van der Waals surface area contributed by atoms with Crippen LogP contribution < -0.4 is 14.4 Å². The van der Waals surface area contributed by atoms with Crippen LogP contribution in [0.3, 0.4) is 0 Å². The number of aryl methyl sites for hydroxylation is 3. The number of anilines is 1. The highest BCUT2D eigenvalue weighted by atomic mass is 32.1. The molecule has 8 heteroatoms. The van der Waals surface area contributed by atoms with E-state index in [9.17, 15) is 14.7 Å². The van der Waals surface area contributed by atoms with E-state index in [2.05, 4.69) is 0 Å². The second kappa shape index (κ2) is 9.37. The number of carbonyl (C=O) groups is 2. The number of hydrogen-bond acceptors (Lipinski definition) is 7. The monoisotopic (exact) mass is 514 g/mol. The maximum absolute atomic E-state index is 13.5. The predicted molar refractivity (Wildman–Crippen MR) is 145 cm³/mol. The minimum atomic E-state index is -0.866. The normalized spacial score (nSPS) is 17.0. The van der Waals surface area contributed by atoms with Crippen molar-refractivity contribution < 1.29 is 24.2 Å². The number of hydrogen-bond donors (Lipinski definition) is 1. The van der Waals surface area contributed by atoms with Gasteiger partial charge in [0.1, 0.15) is 17.3 Å². The standard InChI is InChI=1S/C29H26N2O5S/c1-15-7-6-8-18(11-15)25-24(26(32)20-10-9-19(35-4)14-22(20)36-5)27(33)28(34)31(25)29-30-21-12-16(2)17(3)13-23(21)37-29/h6-14,25,32H,1-5H3/b26-24+. The molecule has 37 heavy (non-hydrogen) atoms. The largest absolute Gasteiger partial charge is 0.507 e. The first kappa shape index (κ1) is 24.5. The molecule has 0 bridgehead atoms. The van der Waals surface area contributed by atoms with Gasteiger partial charge in [-0.25, -0.2) is 4.98 Å². The molecule has 5 rings (SSSR count). The van der Waals surface area contributed by atoms with E-state index in [0.29, 0.717) is 22.2 Å². The van der Waals surface area contributed by atoms with Gasteiger partial charge in [0.25, 0.3) is 5.78 Å². The summed E-state index contributed by atoms with van der Waals surface area (Å²) < 4.78 is 11.7. The first-order chi connectivity index (χ1) is 17.7. The van der Waals surface area contributed by atoms with Crippen LogP contribution >= 0.6 is 11.3 Å². The molecule has 1 amide bonds. The molecule has 1 unspecified atom stereocenters. The quantitative estimate of drug-likeness (QED) is 0.204. The van der Waals surface area contributed by atoms with Crippen molar-refractivity contribution >= 4 is 44.1 Å². The Morgan fingerprint density at radius 1 is 0.973 bits per heavy atom. The lowest BCUT2D eigenvalue weighted by atomic mass is 9.94. The average Bonchev–Trinajstić information content (AvgIpc) is 3.40. The zero-order valence-electron chi connectivity index (χ0n) is 21.2. The molecular formula is C29H26N2O5S. The molecule has 1 aromatic heterocycles. The number of amides is 1. The third-order valence-electron chi connectivity index (χ3n) is 6.66. The van der Waals surface area contributed by atoms with Crippen molar-refractivity contribution in [3.63, 3.8) is 0 Å². The van der Waals surface area contributed by atoms with Crippen LogP contribution in [-0.4, -0.2) is 36.0 Å². The van der Waals surface area contributed by atoms with Crippen LogP contribution in [0, 0.1) is 20.8 Å². The van der Waals surface area contributed by atoms with Crippen LogP contribution in [0.15, 0.2) is 60.2 Å². The number of carbonyl (C=O) groups excluding carboxylic acids is 2. The summed E-state index contributed by atoms with van der Waals surface area (Å²) in [6.07, 6.45) is 0. The van der Waals surface area contributed by atoms with E-state index in [1.807, 2.05) is 57.2 Å². The third-order valence-corrected chi connectivity index (χ3v) is 7.68. The lowest BCUT2D eigenvalue weighted by Gasteiger charge is -2.23. The van der Waals surface area contributed by atoms with Crippen molar-refractivity contribution in [2.45, 2.75) is 26.8 Å². The number of nitrogens with zero attached hydrogens (tertiary/aromatic N) is 2. The topological polar surface area (TPSA) is 89.0 Å². The predicted octanol–water partition coefficient (Wildman–Crippen LogP) is 5.87. The molecule has 1 N–H and O–H groups in total. The summed E-state index contributed by atoms with van der Waals surface area (Å²) in [5.74, 6) is -0.998. The number of aromatic nitrogens is 1. The van der Waals surface area contributed by atoms with Gasteiger partial charge in [-0.2, -0.15) is 0 Å². The maximum Gasteiger partial charge on any atom is 0.301 e. The number of ether oxygens (including phenoxy) is 2. The number of aliphatic hydroxyl groups excluding tert-OH is 1. The van der Waals surface area contributed by atoms with Crippen molar-refractivity contribution in [1.29, 1.82) is 0 Å². The van der Waals surface area contributed by atoms with Gasteiger partial charge in [0.15, 0.2) is 5.13 Å². The van der Waals surface area contributed by atoms with Crippen molar-refractivity contribution in [3.05, 3.63) is 88.0 Å². The minimum Gasteiger partial charge on any atom is -0.507 e. The van der Waals surface area contributed by atoms with Gasteiger partial charge in [0, 0.05) is 6.07 Å². The Morgan fingerprint density at radius 3 is 2.43 bits per heavy atom. The number of benzene rings is 3. The van der Waals surface area contributed by atoms with E-state index in [1.54, 1.807) is 18.2 Å². The Balaban J connectivity index is 1.75. The van der Waals surface area contributed by atoms with Crippen molar-refractivity contribution in [3.8, 4) is 11.5 Å². The molecule has 4 aromatic rings. The highest BCUT2D eigenvalue weighted by Crippen LogP contribution is 2.45. The van der Waals surface area contributed by atoms with Gasteiger partial charge in [0.05, 0.1) is 41.6 Å². The van der Waals surface area contributed by atoms with E-state index >= 15 is 0 Å². The summed E-state index contributed by atoms with van der Waals surface area (Å²) >= 11 is 1.34. The Labute approximate surface area is 218 Å². The van der Waals surface area contributed by atoms with E-state index < -0.39 is 17.7 Å². The lowest BCUT2D eigenvalue weighted by Crippen LogP contribution is -2.29. The molecule has 1 aliphatic rings. The van der Waals surface area contributed by atoms with Gasteiger partial charge in [-0.3, -0.25) is 14.5 Å². The minimum absolute atomic E-state index is 0.0225. The molecule has 7 nitrogen and oxygen atoms in total. The van der Waals surface area contributed by atoms with E-state index in [-0.39, 0.29) is 16.9 Å². The van der Waals surface area contributed by atoms with Crippen LogP contribution in [0.25, 0.3) is 16.0 Å². The molecule has 1 aliphatic heterocycles. The summed E-state index contributed by atoms with van der Waals surface area (Å²) in [6, 6.07) is 15.6. The first-order valence-electron chi connectivity index (χ1n) is 11.7. The number of methoxy groups -OCH3 is 2. The second-order valence-corrected chi connectivity index (χ2v) is 10.1. The Kier molecular flexibility index (Phi) is 6.21. The summed E-state index contributed by atoms with van der Waals surface area (Å²) in [4.78, 5) is 33.2. The van der Waals surface area contributed by atoms with Crippen LogP contribution in [0.4, 0.5) is 5.13 Å². The summed E-state index contributed by atoms with van der Waals surface area (Å²) in [5, 5.41) is 11.9. The number of thiazole rings is 1. The summed E-state index contributed by atoms with van der Waals surface area (Å²) in [7, 11) is 2.99. The molecule has 0 saturated carbocycles. The van der Waals surface area contributed by atoms with Gasteiger partial charge < -0.3 is 14.6 Å². The molecular weight excluding hydrogens is 488 g/mol. The van der Waals surface area contributed by atoms with Crippen LogP contribution in [0.5, 0.6) is 11.5 Å². The highest BCUT2D eigenvalue weighted by molar-refractivity contribution is 7.22. The van der Waals surface area contributed by atoms with E-state index in [0.717, 1.165) is 26.9 Å². The fourth-order valence-electron chi connectivity index (χ4n) is 4.60. The first-order valence-corrected chi connectivity index (χ1v) is 12.5. The molecule has 1 atom stereocenters. The number of ketones is 1. The number of Topliss-reactive ketones (excluding diaryl/α,β-unsaturated/α-hetero) is 1. The average molecular weight is 515 g/mol. The molecule has 0 spiro atoms. The van der Waals surface area contributed by atoms with E-state index in [1.165, 1.54) is 30.5 Å². The van der Waals surface area contributed by atoms with Crippen LogP contribution in [0.2, 0.25) is 0 Å². The smallest absolute Gasteiger partial charge is 0.301 e. The number of fused-ring (bicyclic) bond motifs is 1. The van der Waals surface area contributed by atoms with Gasteiger partial charge in [0.2, 0.25) is 0 Å². The molecule has 1 saturated heterocycles. The molecule has 188 valence electrons. The molecule has 3 aromatic carbocycles. The van der Waals surface area contributed by atoms with Gasteiger partial charge >= 0.3 is 5.91 Å². The fourth-order valence-corrected chi connectivity index (χ4v) is 5.67. The summed E-state index contributed by atoms with van der Waals surface area (Å²) in [5.41, 5.74) is 4.88. The Morgan fingerprint density at radius 2 is 1.73 bits per heavy atom. The number of aliphatic hydroxyl groups is 1. The lowest BCUT2D eigenvalue weighted by molar-refractivity contribution is -0.132. The zero-order valence-corrected chi connectivity index (χ0v) is 22.0. The Bertz CT molecular complexity index is 1560. The SMILES string of the molecule is COc1ccc(/C(O)=C2\C(=O)C(=O)N(c3nc4cc(C)c(C)cc4s3)C2c2cccc(C)c2)c(OC)c1. The maximum atomic E-state index is 13.5. The second-order valence-electron chi connectivity index (χ2n) is 9.05. The van der Waals surface area contributed by atoms with Crippen LogP contribution in [-0.2, 0) is 9.59 Å². The van der Waals surface area contributed by atoms with Gasteiger partial charge in [-0.15, -0.1) is 0 Å². The van der Waals surface area contributed by atoms with Crippen molar-refractivity contribution in [1.82, 2.24) is 4.98 Å². The van der Waals surface area contributed by atoms with Gasteiger partial charge in [-0.05, 0) is 61.7 Å². The summed E-state index contributed by atoms with van der Waals surface area (Å²) in [6.45, 7) is 5.97. The van der Waals surface area contributed by atoms with Crippen molar-refractivity contribution in [2.75, 3.05) is 19.1 Å². The Hall–Kier alpha value is -4.17. The van der Waals surface area contributed by atoms with Gasteiger partial charge in [-0.1, -0.05) is 41.2 Å². The van der Waals surface area contributed by atoms with E-state index in [4.69, 9.17) is 14.5 Å². The molecule has 1 fully saturated rings. The van der Waals surface area contributed by atoms with Crippen LogP contribution in [0.1, 0.15) is 33.9 Å². The molecule has 2 heterocycles. The highest BCUT2D eigenvalue weighted by Gasteiger charge is 2.48. The van der Waals surface area contributed by atoms with Crippen molar-refractivity contribution in [2.24, 2.45) is 0 Å². The molecule has 0 radical (unpaired) electrons. The zero-order chi connectivity index (χ0) is 26.4. The third kappa shape index (κ3) is 4.13.